The number of nitrogens with one attached hydrogen (secondary N) is 2. The molecule has 1 aromatic heterocycles. The second-order valence-electron chi connectivity index (χ2n) is 6.04. The summed E-state index contributed by atoms with van der Waals surface area (Å²) in [5.41, 5.74) is 1.23. The van der Waals surface area contributed by atoms with Crippen LogP contribution in [0.1, 0.15) is 23.1 Å². The van der Waals surface area contributed by atoms with Crippen LogP contribution in [0.5, 0.6) is 0 Å². The van der Waals surface area contributed by atoms with E-state index in [-0.39, 0.29) is 24.1 Å². The van der Waals surface area contributed by atoms with Gasteiger partial charge in [0.2, 0.25) is 5.91 Å². The van der Waals surface area contributed by atoms with Crippen LogP contribution < -0.4 is 10.6 Å². The summed E-state index contributed by atoms with van der Waals surface area (Å²) in [7, 11) is 0. The number of benzene rings is 2. The van der Waals surface area contributed by atoms with Gasteiger partial charge in [-0.1, -0.05) is 47.6 Å². The Morgan fingerprint density at radius 2 is 1.90 bits per heavy atom. The van der Waals surface area contributed by atoms with Gasteiger partial charge < -0.3 is 15.2 Å². The summed E-state index contributed by atoms with van der Waals surface area (Å²) in [6, 6.07) is 16.0. The molecule has 7 nitrogen and oxygen atoms in total. The van der Waals surface area contributed by atoms with E-state index in [2.05, 4.69) is 20.8 Å². The van der Waals surface area contributed by atoms with Crippen LogP contribution in [-0.4, -0.2) is 32.3 Å². The number of aromatic nitrogens is 3. The van der Waals surface area contributed by atoms with Crippen molar-refractivity contribution < 1.29 is 9.59 Å². The van der Waals surface area contributed by atoms with Crippen LogP contribution in [0.25, 0.3) is 0 Å². The van der Waals surface area contributed by atoms with Gasteiger partial charge in [0.25, 0.3) is 5.91 Å². The quantitative estimate of drug-likeness (QED) is 0.534. The molecule has 9 heteroatoms. The summed E-state index contributed by atoms with van der Waals surface area (Å²) >= 11 is 7.21. The summed E-state index contributed by atoms with van der Waals surface area (Å²) in [4.78, 5) is 24.4. The SMILES string of the molecule is CCn1c(CNC(=O)c2ccccc2)nnc1SCC(=O)Nc1cccc(Cl)c1. The third kappa shape index (κ3) is 5.82. The molecule has 0 atom stereocenters. The van der Waals surface area contributed by atoms with E-state index in [9.17, 15) is 9.59 Å². The van der Waals surface area contributed by atoms with Crippen molar-refractivity contribution in [1.29, 1.82) is 0 Å². The first kappa shape index (κ1) is 20.9. The fourth-order valence-corrected chi connectivity index (χ4v) is 3.63. The number of nitrogens with zero attached hydrogens (tertiary/aromatic N) is 3. The standard InChI is InChI=1S/C20H20ClN5O2S/c1-2-26-17(12-22-19(28)14-7-4-3-5-8-14)24-25-20(26)29-13-18(27)23-16-10-6-9-15(21)11-16/h3-11H,2,12-13H2,1H3,(H,22,28)(H,23,27). The van der Waals surface area contributed by atoms with Crippen LogP contribution in [0.2, 0.25) is 5.02 Å². The van der Waals surface area contributed by atoms with E-state index in [1.165, 1.54) is 11.8 Å². The fourth-order valence-electron chi connectivity index (χ4n) is 2.62. The maximum absolute atomic E-state index is 12.2. The molecule has 0 unspecified atom stereocenters. The topological polar surface area (TPSA) is 88.9 Å². The van der Waals surface area contributed by atoms with Crippen molar-refractivity contribution in [3.8, 4) is 0 Å². The average Bonchev–Trinajstić information content (AvgIpc) is 3.13. The Bertz CT molecular complexity index is 994. The Labute approximate surface area is 177 Å². The van der Waals surface area contributed by atoms with Gasteiger partial charge in [-0.25, -0.2) is 0 Å². The van der Waals surface area contributed by atoms with Crippen molar-refractivity contribution in [1.82, 2.24) is 20.1 Å². The number of hydrogen-bond donors (Lipinski definition) is 2. The van der Waals surface area contributed by atoms with E-state index in [1.807, 2.05) is 29.7 Å². The van der Waals surface area contributed by atoms with Gasteiger partial charge in [0, 0.05) is 22.8 Å². The number of carbonyl (C=O) groups is 2. The molecule has 0 fully saturated rings. The zero-order chi connectivity index (χ0) is 20.6. The second-order valence-corrected chi connectivity index (χ2v) is 7.42. The van der Waals surface area contributed by atoms with Crippen LogP contribution in [0, 0.1) is 0 Å². The van der Waals surface area contributed by atoms with Gasteiger partial charge in [-0.2, -0.15) is 0 Å². The van der Waals surface area contributed by atoms with Crippen LogP contribution in [0.15, 0.2) is 59.8 Å². The lowest BCUT2D eigenvalue weighted by Gasteiger charge is -2.09. The minimum atomic E-state index is -0.175. The highest BCUT2D eigenvalue weighted by atomic mass is 35.5. The molecule has 2 N–H and O–H groups in total. The number of anilines is 1. The molecular weight excluding hydrogens is 410 g/mol. The van der Waals surface area contributed by atoms with Gasteiger partial charge in [-0.15, -0.1) is 10.2 Å². The second kappa shape index (κ2) is 10.1. The molecule has 0 bridgehead atoms. The minimum Gasteiger partial charge on any atom is -0.345 e. The molecule has 0 saturated heterocycles. The Hall–Kier alpha value is -2.84. The molecule has 150 valence electrons. The Kier molecular flexibility index (Phi) is 7.26. The van der Waals surface area contributed by atoms with Crippen LogP contribution in [0.4, 0.5) is 5.69 Å². The number of rotatable bonds is 8. The highest BCUT2D eigenvalue weighted by Crippen LogP contribution is 2.19. The van der Waals surface area contributed by atoms with E-state index in [1.54, 1.807) is 36.4 Å². The van der Waals surface area contributed by atoms with Crippen LogP contribution in [-0.2, 0) is 17.9 Å². The molecule has 0 spiro atoms. The van der Waals surface area contributed by atoms with E-state index in [0.717, 1.165) is 0 Å². The maximum atomic E-state index is 12.2. The molecule has 2 amide bonds. The zero-order valence-corrected chi connectivity index (χ0v) is 17.3. The Balaban J connectivity index is 1.56. The lowest BCUT2D eigenvalue weighted by molar-refractivity contribution is -0.113. The van der Waals surface area contributed by atoms with E-state index < -0.39 is 0 Å². The highest BCUT2D eigenvalue weighted by molar-refractivity contribution is 7.99. The van der Waals surface area contributed by atoms with Crippen LogP contribution in [0.3, 0.4) is 0 Å². The lowest BCUT2D eigenvalue weighted by Crippen LogP contribution is -2.24. The molecule has 1 heterocycles. The van der Waals surface area contributed by atoms with Gasteiger partial charge in [0.05, 0.1) is 12.3 Å². The Morgan fingerprint density at radius 1 is 1.10 bits per heavy atom. The van der Waals surface area contributed by atoms with E-state index in [4.69, 9.17) is 11.6 Å². The number of thioether (sulfide) groups is 1. The number of amides is 2. The summed E-state index contributed by atoms with van der Waals surface area (Å²) in [6.07, 6.45) is 0. The number of hydrogen-bond acceptors (Lipinski definition) is 5. The first-order valence-electron chi connectivity index (χ1n) is 9.00. The van der Waals surface area contributed by atoms with Crippen molar-refractivity contribution >= 4 is 40.9 Å². The van der Waals surface area contributed by atoms with E-state index >= 15 is 0 Å². The molecule has 0 saturated carbocycles. The molecule has 3 aromatic rings. The van der Waals surface area contributed by atoms with Crippen molar-refractivity contribution in [2.45, 2.75) is 25.2 Å². The first-order chi connectivity index (χ1) is 14.1. The smallest absolute Gasteiger partial charge is 0.251 e. The Morgan fingerprint density at radius 3 is 2.62 bits per heavy atom. The molecule has 3 rings (SSSR count). The average molecular weight is 430 g/mol. The first-order valence-corrected chi connectivity index (χ1v) is 10.4. The van der Waals surface area contributed by atoms with Gasteiger partial charge in [0.1, 0.15) is 0 Å². The van der Waals surface area contributed by atoms with Gasteiger partial charge in [-0.05, 0) is 37.3 Å². The van der Waals surface area contributed by atoms with Crippen LogP contribution >= 0.6 is 23.4 Å². The van der Waals surface area contributed by atoms with Crippen molar-refractivity contribution in [3.63, 3.8) is 0 Å². The molecule has 0 aliphatic rings. The van der Waals surface area contributed by atoms with E-state index in [0.29, 0.717) is 33.8 Å². The molecule has 0 radical (unpaired) electrons. The highest BCUT2D eigenvalue weighted by Gasteiger charge is 2.14. The van der Waals surface area contributed by atoms with Crippen molar-refractivity contribution in [2.24, 2.45) is 0 Å². The monoisotopic (exact) mass is 429 g/mol. The van der Waals surface area contributed by atoms with Crippen molar-refractivity contribution in [3.05, 3.63) is 71.0 Å². The summed E-state index contributed by atoms with van der Waals surface area (Å²) in [5, 5.41) is 15.1. The normalized spacial score (nSPS) is 10.6. The third-order valence-electron chi connectivity index (χ3n) is 3.99. The number of carbonyl (C=O) groups excluding carboxylic acids is 2. The summed E-state index contributed by atoms with van der Waals surface area (Å²) in [5.74, 6) is 0.476. The lowest BCUT2D eigenvalue weighted by atomic mass is 10.2. The molecule has 0 aliphatic heterocycles. The maximum Gasteiger partial charge on any atom is 0.251 e. The van der Waals surface area contributed by atoms with Gasteiger partial charge in [0.15, 0.2) is 11.0 Å². The summed E-state index contributed by atoms with van der Waals surface area (Å²) in [6.45, 7) is 2.84. The predicted octanol–water partition coefficient (Wildman–Crippen LogP) is 3.61. The van der Waals surface area contributed by atoms with Gasteiger partial charge >= 0.3 is 0 Å². The number of halogens is 1. The largest absolute Gasteiger partial charge is 0.345 e. The molecular formula is C20H20ClN5O2S. The summed E-state index contributed by atoms with van der Waals surface area (Å²) < 4.78 is 1.88. The fraction of sp³-hybridized carbons (Fsp3) is 0.200. The molecule has 29 heavy (non-hydrogen) atoms. The molecule has 2 aromatic carbocycles. The predicted molar refractivity (Wildman–Crippen MR) is 114 cm³/mol. The van der Waals surface area contributed by atoms with Crippen molar-refractivity contribution in [2.75, 3.05) is 11.1 Å². The molecule has 0 aliphatic carbocycles. The third-order valence-corrected chi connectivity index (χ3v) is 5.20. The zero-order valence-electron chi connectivity index (χ0n) is 15.8. The van der Waals surface area contributed by atoms with Gasteiger partial charge in [-0.3, -0.25) is 9.59 Å². The minimum absolute atomic E-state index is 0.165.